The molecule has 0 aromatic carbocycles. The Kier molecular flexibility index (Phi) is 5.13. The topological polar surface area (TPSA) is 38.7 Å². The lowest BCUT2D eigenvalue weighted by molar-refractivity contribution is -0.138. The van der Waals surface area contributed by atoms with E-state index in [9.17, 15) is 4.79 Å². The molecular weight excluding hydrogens is 178 g/mol. The first kappa shape index (κ1) is 12.9. The normalized spacial score (nSPS) is 11.7. The minimum absolute atomic E-state index is 0.0817. The van der Waals surface area contributed by atoms with Gasteiger partial charge in [-0.15, -0.1) is 0 Å². The van der Waals surface area contributed by atoms with E-state index < -0.39 is 0 Å². The summed E-state index contributed by atoms with van der Waals surface area (Å²) in [6.45, 7) is 12.1. The third kappa shape index (κ3) is 7.53. The van der Waals surface area contributed by atoms with Gasteiger partial charge in [0.05, 0.1) is 6.54 Å². The van der Waals surface area contributed by atoms with Gasteiger partial charge >= 0.3 is 5.97 Å². The molecule has 0 unspecified atom stereocenters. The Hall–Kier alpha value is -1.12. The molecule has 0 aromatic rings. The molecule has 0 saturated heterocycles. The van der Waals surface area contributed by atoms with Crippen molar-refractivity contribution in [2.24, 2.45) is 10.4 Å². The van der Waals surface area contributed by atoms with Gasteiger partial charge in [-0.05, 0) is 12.3 Å². The van der Waals surface area contributed by atoms with Gasteiger partial charge in [-0.1, -0.05) is 27.4 Å². The molecule has 0 spiro atoms. The largest absolute Gasteiger partial charge is 0.460 e. The zero-order valence-corrected chi connectivity index (χ0v) is 9.46. The van der Waals surface area contributed by atoms with Crippen LogP contribution in [0.5, 0.6) is 0 Å². The Labute approximate surface area is 85.9 Å². The number of hydrogen-bond donors (Lipinski definition) is 0. The first-order chi connectivity index (χ1) is 6.33. The lowest BCUT2D eigenvalue weighted by atomic mass is 9.99. The number of ether oxygens (including phenoxy) is 1. The number of aliphatic imine (C=N–C) groups is 1. The van der Waals surface area contributed by atoms with E-state index in [-0.39, 0.29) is 11.4 Å². The van der Waals surface area contributed by atoms with Crippen LogP contribution in [0.3, 0.4) is 0 Å². The number of hydrogen-bond acceptors (Lipinski definition) is 3. The van der Waals surface area contributed by atoms with Crippen LogP contribution in [-0.4, -0.2) is 25.3 Å². The second-order valence-electron chi connectivity index (χ2n) is 4.32. The molecule has 14 heavy (non-hydrogen) atoms. The van der Waals surface area contributed by atoms with Gasteiger partial charge in [0.1, 0.15) is 6.61 Å². The van der Waals surface area contributed by atoms with Crippen molar-refractivity contribution in [2.75, 3.05) is 13.2 Å². The molecule has 0 bridgehead atoms. The summed E-state index contributed by atoms with van der Waals surface area (Å²) >= 11 is 0. The van der Waals surface area contributed by atoms with Gasteiger partial charge in [-0.25, -0.2) is 4.79 Å². The van der Waals surface area contributed by atoms with Crippen LogP contribution in [0.4, 0.5) is 0 Å². The highest BCUT2D eigenvalue weighted by Gasteiger charge is 2.04. The van der Waals surface area contributed by atoms with E-state index in [0.717, 1.165) is 0 Å². The summed E-state index contributed by atoms with van der Waals surface area (Å²) in [5.74, 6) is -0.351. The van der Waals surface area contributed by atoms with E-state index in [1.54, 1.807) is 6.92 Å². The molecule has 0 N–H and O–H groups in total. The minimum Gasteiger partial charge on any atom is -0.460 e. The molecule has 0 amide bonds. The number of esters is 1. The molecule has 0 atom stereocenters. The molecule has 0 aliphatic heterocycles. The highest BCUT2D eigenvalue weighted by molar-refractivity contribution is 5.86. The predicted octanol–water partition coefficient (Wildman–Crippen LogP) is 2.22. The molecule has 0 rings (SSSR count). The number of nitrogens with zero attached hydrogens (tertiary/aromatic N) is 1. The third-order valence-corrected chi connectivity index (χ3v) is 1.28. The standard InChI is InChI=1S/C11H19NO2/c1-9(2)10(13)14-7-6-12-8-11(3,4)5/h8H,1,6-7H2,2-5H3. The quantitative estimate of drug-likeness (QED) is 0.300. The smallest absolute Gasteiger partial charge is 0.333 e. The van der Waals surface area contributed by atoms with Crippen molar-refractivity contribution in [2.45, 2.75) is 27.7 Å². The van der Waals surface area contributed by atoms with Crippen LogP contribution in [0, 0.1) is 5.41 Å². The lowest BCUT2D eigenvalue weighted by Crippen LogP contribution is -2.10. The summed E-state index contributed by atoms with van der Waals surface area (Å²) < 4.78 is 4.87. The Balaban J connectivity index is 3.62. The summed E-state index contributed by atoms with van der Waals surface area (Å²) in [6, 6.07) is 0. The second-order valence-corrected chi connectivity index (χ2v) is 4.32. The van der Waals surface area contributed by atoms with E-state index in [4.69, 9.17) is 4.74 Å². The van der Waals surface area contributed by atoms with Crippen molar-refractivity contribution in [1.82, 2.24) is 0 Å². The Morgan fingerprint density at radius 2 is 2.07 bits per heavy atom. The SMILES string of the molecule is C=C(C)C(=O)OCCN=CC(C)(C)C. The molecule has 0 aromatic heterocycles. The average Bonchev–Trinajstić information content (AvgIpc) is 2.01. The van der Waals surface area contributed by atoms with Crippen LogP contribution in [-0.2, 0) is 9.53 Å². The van der Waals surface area contributed by atoms with Gasteiger partial charge < -0.3 is 4.74 Å². The van der Waals surface area contributed by atoms with Crippen molar-refractivity contribution in [3.63, 3.8) is 0 Å². The summed E-state index contributed by atoms with van der Waals surface area (Å²) in [4.78, 5) is 15.1. The Bertz CT molecular complexity index is 236. The molecule has 3 nitrogen and oxygen atoms in total. The number of rotatable bonds is 4. The second kappa shape index (κ2) is 5.58. The maximum absolute atomic E-state index is 10.9. The van der Waals surface area contributed by atoms with E-state index in [1.807, 2.05) is 6.21 Å². The minimum atomic E-state index is -0.351. The molecule has 0 radical (unpaired) electrons. The van der Waals surface area contributed by atoms with Crippen LogP contribution >= 0.6 is 0 Å². The maximum Gasteiger partial charge on any atom is 0.333 e. The van der Waals surface area contributed by atoms with Crippen molar-refractivity contribution in [3.8, 4) is 0 Å². The van der Waals surface area contributed by atoms with Gasteiger partial charge in [0.15, 0.2) is 0 Å². The van der Waals surface area contributed by atoms with Crippen LogP contribution in [0.25, 0.3) is 0 Å². The lowest BCUT2D eigenvalue weighted by Gasteiger charge is -2.09. The number of carbonyl (C=O) groups excluding carboxylic acids is 1. The summed E-state index contributed by atoms with van der Waals surface area (Å²) in [5.41, 5.74) is 0.503. The van der Waals surface area contributed by atoms with Crippen LogP contribution in [0.1, 0.15) is 27.7 Å². The van der Waals surface area contributed by atoms with E-state index in [2.05, 4.69) is 32.3 Å². The zero-order chi connectivity index (χ0) is 11.2. The fourth-order valence-corrected chi connectivity index (χ4v) is 0.653. The molecular formula is C11H19NO2. The summed E-state index contributed by atoms with van der Waals surface area (Å²) in [6.07, 6.45) is 1.86. The Morgan fingerprint density at radius 3 is 2.50 bits per heavy atom. The van der Waals surface area contributed by atoms with Crippen molar-refractivity contribution in [1.29, 1.82) is 0 Å². The van der Waals surface area contributed by atoms with Crippen molar-refractivity contribution >= 4 is 12.2 Å². The van der Waals surface area contributed by atoms with Gasteiger partial charge in [-0.2, -0.15) is 0 Å². The van der Waals surface area contributed by atoms with Crippen LogP contribution < -0.4 is 0 Å². The third-order valence-electron chi connectivity index (χ3n) is 1.28. The Morgan fingerprint density at radius 1 is 1.50 bits per heavy atom. The van der Waals surface area contributed by atoms with Crippen molar-refractivity contribution < 1.29 is 9.53 Å². The molecule has 0 aliphatic carbocycles. The monoisotopic (exact) mass is 197 g/mol. The van der Waals surface area contributed by atoms with Gasteiger partial charge in [0.25, 0.3) is 0 Å². The summed E-state index contributed by atoms with van der Waals surface area (Å²) in [7, 11) is 0. The first-order valence-corrected chi connectivity index (χ1v) is 4.66. The maximum atomic E-state index is 10.9. The van der Waals surface area contributed by atoms with E-state index >= 15 is 0 Å². The molecule has 3 heteroatoms. The highest BCUT2D eigenvalue weighted by atomic mass is 16.5. The first-order valence-electron chi connectivity index (χ1n) is 4.66. The fourth-order valence-electron chi connectivity index (χ4n) is 0.653. The van der Waals surface area contributed by atoms with Gasteiger partial charge in [0, 0.05) is 11.8 Å². The van der Waals surface area contributed by atoms with Gasteiger partial charge in [0.2, 0.25) is 0 Å². The highest BCUT2D eigenvalue weighted by Crippen LogP contribution is 2.07. The van der Waals surface area contributed by atoms with Gasteiger partial charge in [-0.3, -0.25) is 4.99 Å². The molecule has 0 aliphatic rings. The molecule has 0 heterocycles. The number of carbonyl (C=O) groups is 1. The van der Waals surface area contributed by atoms with E-state index in [0.29, 0.717) is 18.7 Å². The molecule has 80 valence electrons. The predicted molar refractivity (Wildman–Crippen MR) is 58.6 cm³/mol. The van der Waals surface area contributed by atoms with E-state index in [1.165, 1.54) is 0 Å². The molecule has 0 fully saturated rings. The van der Waals surface area contributed by atoms with Crippen molar-refractivity contribution in [3.05, 3.63) is 12.2 Å². The average molecular weight is 197 g/mol. The molecule has 0 saturated carbocycles. The van der Waals surface area contributed by atoms with Crippen LogP contribution in [0.15, 0.2) is 17.1 Å². The fraction of sp³-hybridized carbons (Fsp3) is 0.636. The summed E-state index contributed by atoms with van der Waals surface area (Å²) in [5, 5.41) is 0. The van der Waals surface area contributed by atoms with Crippen LogP contribution in [0.2, 0.25) is 0 Å². The zero-order valence-electron chi connectivity index (χ0n) is 9.46.